The van der Waals surface area contributed by atoms with E-state index in [-0.39, 0.29) is 0 Å². The second-order valence-electron chi connectivity index (χ2n) is 3.09. The number of nitrogens with zero attached hydrogens (tertiary/aromatic N) is 2. The van der Waals surface area contributed by atoms with Gasteiger partial charge in [0.1, 0.15) is 0 Å². The van der Waals surface area contributed by atoms with Crippen molar-refractivity contribution < 1.29 is 13.3 Å². The van der Waals surface area contributed by atoms with Gasteiger partial charge in [0.05, 0.1) is 11.4 Å². The molecule has 14 heavy (non-hydrogen) atoms. The van der Waals surface area contributed by atoms with E-state index in [2.05, 4.69) is 23.6 Å². The lowest BCUT2D eigenvalue weighted by molar-refractivity contribution is 0.142. The molecule has 1 aliphatic rings. The van der Waals surface area contributed by atoms with Crippen molar-refractivity contribution in [3.63, 3.8) is 0 Å². The first-order valence-electron chi connectivity index (χ1n) is 4.83. The molecule has 86 valence electrons. The molecule has 1 N–H and O–H groups in total. The van der Waals surface area contributed by atoms with Gasteiger partial charge in [-0.3, -0.25) is 0 Å². The van der Waals surface area contributed by atoms with Crippen LogP contribution in [0.2, 0.25) is 0 Å². The van der Waals surface area contributed by atoms with E-state index < -0.39 is 11.4 Å². The molecule has 1 atom stereocenters. The molecular weight excluding hydrogens is 204 g/mol. The molecule has 0 aromatic carbocycles. The van der Waals surface area contributed by atoms with Crippen molar-refractivity contribution in [3.8, 4) is 0 Å². The van der Waals surface area contributed by atoms with Crippen LogP contribution < -0.4 is 0 Å². The monoisotopic (exact) mass is 223 g/mol. The fourth-order valence-electron chi connectivity index (χ4n) is 1.42. The Hall–Kier alpha value is -0.0100. The summed E-state index contributed by atoms with van der Waals surface area (Å²) >= 11 is -2.86. The first-order valence-corrected chi connectivity index (χ1v) is 5.86. The minimum absolute atomic E-state index is 1.22. The largest absolute Gasteiger partial charge is 0.750 e. The highest BCUT2D eigenvalue weighted by atomic mass is 32.2. The van der Waals surface area contributed by atoms with Crippen LogP contribution in [-0.2, 0) is 11.4 Å². The Morgan fingerprint density at radius 3 is 1.50 bits per heavy atom. The Balaban J connectivity index is 0.000000364. The van der Waals surface area contributed by atoms with E-state index in [1.54, 1.807) is 0 Å². The van der Waals surface area contributed by atoms with Crippen LogP contribution in [0.3, 0.4) is 0 Å². The lowest BCUT2D eigenvalue weighted by atomic mass is 10.3. The summed E-state index contributed by atoms with van der Waals surface area (Å²) in [7, 11) is 0. The molecule has 0 spiro atoms. The molecule has 0 amide bonds. The molecule has 5 nitrogen and oxygen atoms in total. The molecule has 0 aromatic heterocycles. The summed E-state index contributed by atoms with van der Waals surface area (Å²) in [4.78, 5) is 5.01. The van der Waals surface area contributed by atoms with Crippen molar-refractivity contribution in [2.75, 3.05) is 39.3 Å². The van der Waals surface area contributed by atoms with Crippen molar-refractivity contribution in [2.45, 2.75) is 13.8 Å². The molecule has 1 saturated heterocycles. The Morgan fingerprint density at radius 1 is 1.14 bits per heavy atom. The van der Waals surface area contributed by atoms with Crippen LogP contribution in [0.15, 0.2) is 0 Å². The zero-order valence-electron chi connectivity index (χ0n) is 8.81. The fraction of sp³-hybridized carbons (Fsp3) is 1.00. The molecule has 1 fully saturated rings. The van der Waals surface area contributed by atoms with Crippen molar-refractivity contribution in [1.82, 2.24) is 9.80 Å². The van der Waals surface area contributed by atoms with Gasteiger partial charge in [-0.2, -0.15) is 0 Å². The van der Waals surface area contributed by atoms with Crippen LogP contribution in [0.25, 0.3) is 0 Å². The summed E-state index contributed by atoms with van der Waals surface area (Å²) in [6, 6.07) is 0. The van der Waals surface area contributed by atoms with Gasteiger partial charge in [-0.1, -0.05) is 13.8 Å². The summed E-state index contributed by atoms with van der Waals surface area (Å²) in [5.41, 5.74) is 0. The first kappa shape index (κ1) is 14.0. The summed E-state index contributed by atoms with van der Waals surface area (Å²) in [6.07, 6.45) is 0. The van der Waals surface area contributed by atoms with E-state index in [0.29, 0.717) is 0 Å². The highest BCUT2D eigenvalue weighted by Gasteiger charge is 2.12. The molecule has 6 heteroatoms. The van der Waals surface area contributed by atoms with Crippen LogP contribution in [0, 0.1) is 0 Å². The molecule has 0 saturated carbocycles. The van der Waals surface area contributed by atoms with Gasteiger partial charge < -0.3 is 18.9 Å². The minimum atomic E-state index is -2.86. The first-order chi connectivity index (χ1) is 6.60. The zero-order chi connectivity index (χ0) is 11.0. The molecular formula is C8H19N2O3S-. The van der Waals surface area contributed by atoms with Crippen molar-refractivity contribution >= 4 is 11.4 Å². The van der Waals surface area contributed by atoms with Gasteiger partial charge in [-0.25, -0.2) is 4.21 Å². The van der Waals surface area contributed by atoms with Crippen LogP contribution >= 0.6 is 0 Å². The average Bonchev–Trinajstić information content (AvgIpc) is 2.17. The molecule has 1 unspecified atom stereocenters. The molecule has 1 aliphatic heterocycles. The van der Waals surface area contributed by atoms with Gasteiger partial charge in [0.15, 0.2) is 0 Å². The standard InChI is InChI=1S/C8H18N2.H2O3S/c1-3-9-5-7-10(4-2)8-6-9;1-4(2)3/h3-8H2,1-2H3;(H2,1,2,3)/p-1. The second kappa shape index (κ2) is 8.31. The molecule has 1 heterocycles. The quantitative estimate of drug-likeness (QED) is 0.667. The maximum absolute atomic E-state index is 8.56. The zero-order valence-corrected chi connectivity index (χ0v) is 9.63. The maximum Gasteiger partial charge on any atom is 0.0814 e. The number of rotatable bonds is 2. The van der Waals surface area contributed by atoms with Crippen molar-refractivity contribution in [3.05, 3.63) is 0 Å². The van der Waals surface area contributed by atoms with E-state index in [4.69, 9.17) is 13.3 Å². The third-order valence-electron chi connectivity index (χ3n) is 2.36. The molecule has 0 aromatic rings. The SMILES string of the molecule is CCN1CCN(CC)CC1.O=S([O-])O. The molecule has 0 bridgehead atoms. The molecule has 1 rings (SSSR count). The number of piperazine rings is 1. The fourth-order valence-corrected chi connectivity index (χ4v) is 1.42. The van der Waals surface area contributed by atoms with Crippen LogP contribution in [0.5, 0.6) is 0 Å². The van der Waals surface area contributed by atoms with Gasteiger partial charge in [0.2, 0.25) is 0 Å². The van der Waals surface area contributed by atoms with E-state index in [1.165, 1.54) is 39.3 Å². The van der Waals surface area contributed by atoms with Gasteiger partial charge in [0.25, 0.3) is 0 Å². The van der Waals surface area contributed by atoms with E-state index in [0.717, 1.165) is 0 Å². The lowest BCUT2D eigenvalue weighted by Gasteiger charge is -2.33. The Bertz CT molecular complexity index is 145. The number of likely N-dealkylation sites (N-methyl/N-ethyl adjacent to an activating group) is 2. The third kappa shape index (κ3) is 7.40. The summed E-state index contributed by atoms with van der Waals surface area (Å²) in [5.74, 6) is 0. The predicted octanol–water partition coefficient (Wildman–Crippen LogP) is -0.0177. The van der Waals surface area contributed by atoms with Gasteiger partial charge in [0, 0.05) is 26.2 Å². The summed E-state index contributed by atoms with van der Waals surface area (Å²) in [5, 5.41) is 0. The number of hydrogen-bond donors (Lipinski definition) is 1. The highest BCUT2D eigenvalue weighted by Crippen LogP contribution is 1.99. The minimum Gasteiger partial charge on any atom is -0.750 e. The average molecular weight is 223 g/mol. The summed E-state index contributed by atoms with van der Waals surface area (Å²) in [6.45, 7) is 12.0. The van der Waals surface area contributed by atoms with Crippen LogP contribution in [0.4, 0.5) is 0 Å². The van der Waals surface area contributed by atoms with Gasteiger partial charge in [-0.05, 0) is 13.1 Å². The third-order valence-corrected chi connectivity index (χ3v) is 2.36. The Morgan fingerprint density at radius 2 is 1.36 bits per heavy atom. The maximum atomic E-state index is 8.56. The summed E-state index contributed by atoms with van der Waals surface area (Å²) < 4.78 is 24.1. The van der Waals surface area contributed by atoms with E-state index in [9.17, 15) is 0 Å². The van der Waals surface area contributed by atoms with Crippen molar-refractivity contribution in [2.24, 2.45) is 0 Å². The lowest BCUT2D eigenvalue weighted by Crippen LogP contribution is -2.45. The van der Waals surface area contributed by atoms with Crippen LogP contribution in [-0.4, -0.2) is 62.4 Å². The number of hydrogen-bond acceptors (Lipinski definition) is 4. The van der Waals surface area contributed by atoms with Crippen molar-refractivity contribution in [1.29, 1.82) is 0 Å². The van der Waals surface area contributed by atoms with Gasteiger partial charge >= 0.3 is 0 Å². The molecule has 0 aliphatic carbocycles. The van der Waals surface area contributed by atoms with Gasteiger partial charge in [-0.15, -0.1) is 0 Å². The Labute approximate surface area is 88.2 Å². The van der Waals surface area contributed by atoms with E-state index in [1.807, 2.05) is 0 Å². The predicted molar refractivity (Wildman–Crippen MR) is 55.8 cm³/mol. The topological polar surface area (TPSA) is 66.8 Å². The van der Waals surface area contributed by atoms with Crippen LogP contribution in [0.1, 0.15) is 13.8 Å². The Kier molecular flexibility index (Phi) is 8.30. The normalized spacial score (nSPS) is 21.1. The van der Waals surface area contributed by atoms with E-state index >= 15 is 0 Å². The second-order valence-corrected chi connectivity index (χ2v) is 3.52. The smallest absolute Gasteiger partial charge is 0.0814 e. The molecule has 0 radical (unpaired) electrons. The highest BCUT2D eigenvalue weighted by molar-refractivity contribution is 7.73.